The Morgan fingerprint density at radius 2 is 2.15 bits per heavy atom. The maximum atomic E-state index is 13.4. The van der Waals surface area contributed by atoms with E-state index in [1.54, 1.807) is 12.1 Å². The molecule has 1 unspecified atom stereocenters. The van der Waals surface area contributed by atoms with Crippen molar-refractivity contribution < 1.29 is 4.39 Å². The van der Waals surface area contributed by atoms with E-state index in [-0.39, 0.29) is 5.82 Å². The molecule has 2 nitrogen and oxygen atoms in total. The minimum atomic E-state index is -0.230. The zero-order chi connectivity index (χ0) is 14.9. The first kappa shape index (κ1) is 15.4. The maximum Gasteiger partial charge on any atom is 0.123 e. The molecule has 4 heteroatoms. The number of rotatable bonds is 3. The summed E-state index contributed by atoms with van der Waals surface area (Å²) in [6, 6.07) is 4.66. The molecule has 1 aromatic rings. The van der Waals surface area contributed by atoms with Crippen LogP contribution >= 0.6 is 12.2 Å². The molecule has 20 heavy (non-hydrogen) atoms. The number of hydrogen-bond acceptors (Lipinski definition) is 2. The van der Waals surface area contributed by atoms with Gasteiger partial charge in [-0.25, -0.2) is 4.39 Å². The SMILES string of the molecule is CC(C)(C)C1CCN(Cc2cc(F)ccc2C(N)=S)C1. The van der Waals surface area contributed by atoms with Crippen molar-refractivity contribution in [2.45, 2.75) is 33.7 Å². The van der Waals surface area contributed by atoms with Crippen molar-refractivity contribution in [2.24, 2.45) is 17.1 Å². The van der Waals surface area contributed by atoms with Crippen LogP contribution in [0.2, 0.25) is 0 Å². The summed E-state index contributed by atoms with van der Waals surface area (Å²) in [4.78, 5) is 2.71. The molecule has 0 aliphatic carbocycles. The molecule has 0 spiro atoms. The van der Waals surface area contributed by atoms with Crippen LogP contribution in [-0.2, 0) is 6.54 Å². The molecule has 1 aliphatic heterocycles. The van der Waals surface area contributed by atoms with Crippen molar-refractivity contribution >= 4 is 17.2 Å². The first-order valence-corrected chi connectivity index (χ1v) is 7.49. The van der Waals surface area contributed by atoms with Gasteiger partial charge in [-0.3, -0.25) is 4.90 Å². The van der Waals surface area contributed by atoms with Crippen molar-refractivity contribution in [1.29, 1.82) is 0 Å². The summed E-state index contributed by atoms with van der Waals surface area (Å²) in [7, 11) is 0. The lowest BCUT2D eigenvalue weighted by Gasteiger charge is -2.27. The average molecular weight is 294 g/mol. The molecule has 1 aliphatic rings. The van der Waals surface area contributed by atoms with E-state index in [1.165, 1.54) is 12.5 Å². The molecule has 1 aromatic carbocycles. The van der Waals surface area contributed by atoms with Gasteiger partial charge in [0.2, 0.25) is 0 Å². The molecule has 0 aromatic heterocycles. The molecule has 1 atom stereocenters. The third-order valence-electron chi connectivity index (χ3n) is 4.22. The van der Waals surface area contributed by atoms with Gasteiger partial charge < -0.3 is 5.73 Å². The van der Waals surface area contributed by atoms with Crippen LogP contribution in [0.25, 0.3) is 0 Å². The standard InChI is InChI=1S/C16H23FN2S/c1-16(2,3)12-6-7-19(10-12)9-11-8-13(17)4-5-14(11)15(18)20/h4-5,8,12H,6-7,9-10H2,1-3H3,(H2,18,20). The van der Waals surface area contributed by atoms with Gasteiger partial charge in [0.15, 0.2) is 0 Å². The molecule has 1 fully saturated rings. The fraction of sp³-hybridized carbons (Fsp3) is 0.562. The van der Waals surface area contributed by atoms with E-state index in [9.17, 15) is 4.39 Å². The van der Waals surface area contributed by atoms with Crippen LogP contribution in [0.3, 0.4) is 0 Å². The van der Waals surface area contributed by atoms with Crippen LogP contribution < -0.4 is 5.73 Å². The van der Waals surface area contributed by atoms with Crippen LogP contribution in [0.15, 0.2) is 18.2 Å². The summed E-state index contributed by atoms with van der Waals surface area (Å²) >= 11 is 5.05. The Bertz CT molecular complexity index is 508. The fourth-order valence-electron chi connectivity index (χ4n) is 2.86. The van der Waals surface area contributed by atoms with Crippen molar-refractivity contribution in [1.82, 2.24) is 4.90 Å². The van der Waals surface area contributed by atoms with Crippen molar-refractivity contribution in [2.75, 3.05) is 13.1 Å². The van der Waals surface area contributed by atoms with E-state index in [4.69, 9.17) is 18.0 Å². The summed E-state index contributed by atoms with van der Waals surface area (Å²) in [5, 5.41) is 0. The third-order valence-corrected chi connectivity index (χ3v) is 4.44. The highest BCUT2D eigenvalue weighted by atomic mass is 32.1. The van der Waals surface area contributed by atoms with Crippen molar-refractivity contribution in [3.05, 3.63) is 35.1 Å². The molecular formula is C16H23FN2S. The minimum absolute atomic E-state index is 0.230. The normalized spacial score (nSPS) is 20.3. The second kappa shape index (κ2) is 5.78. The first-order chi connectivity index (χ1) is 9.27. The van der Waals surface area contributed by atoms with E-state index < -0.39 is 0 Å². The zero-order valence-corrected chi connectivity index (χ0v) is 13.3. The second-order valence-corrected chi connectivity index (χ2v) is 7.19. The van der Waals surface area contributed by atoms with Gasteiger partial charge in [-0.05, 0) is 48.1 Å². The highest BCUT2D eigenvalue weighted by Crippen LogP contribution is 2.34. The van der Waals surface area contributed by atoms with Gasteiger partial charge >= 0.3 is 0 Å². The van der Waals surface area contributed by atoms with Gasteiger partial charge in [-0.1, -0.05) is 33.0 Å². The predicted molar refractivity (Wildman–Crippen MR) is 85.1 cm³/mol. The van der Waals surface area contributed by atoms with E-state index in [2.05, 4.69) is 25.7 Å². The number of benzene rings is 1. The average Bonchev–Trinajstić information content (AvgIpc) is 2.76. The van der Waals surface area contributed by atoms with Gasteiger partial charge in [0.05, 0.1) is 0 Å². The Morgan fingerprint density at radius 1 is 1.45 bits per heavy atom. The van der Waals surface area contributed by atoms with E-state index in [0.717, 1.165) is 30.8 Å². The van der Waals surface area contributed by atoms with Gasteiger partial charge in [0.25, 0.3) is 0 Å². The lowest BCUT2D eigenvalue weighted by Crippen LogP contribution is -2.26. The summed E-state index contributed by atoms with van der Waals surface area (Å²) in [6.45, 7) is 9.67. The molecule has 0 amide bonds. The number of halogens is 1. The Labute approximate surface area is 126 Å². The molecule has 0 radical (unpaired) electrons. The number of nitrogens with two attached hydrogens (primary N) is 1. The smallest absolute Gasteiger partial charge is 0.123 e. The second-order valence-electron chi connectivity index (χ2n) is 6.75. The van der Waals surface area contributed by atoms with E-state index in [0.29, 0.717) is 16.3 Å². The Hall–Kier alpha value is -1.00. The summed E-state index contributed by atoms with van der Waals surface area (Å²) in [5.41, 5.74) is 7.74. The van der Waals surface area contributed by atoms with Gasteiger partial charge in [0.1, 0.15) is 10.8 Å². The quantitative estimate of drug-likeness (QED) is 0.867. The van der Waals surface area contributed by atoms with Crippen LogP contribution in [0.4, 0.5) is 4.39 Å². The first-order valence-electron chi connectivity index (χ1n) is 7.08. The third kappa shape index (κ3) is 3.55. The molecule has 0 saturated carbocycles. The molecule has 0 bridgehead atoms. The largest absolute Gasteiger partial charge is 0.389 e. The summed E-state index contributed by atoms with van der Waals surface area (Å²) in [6.07, 6.45) is 1.20. The molecule has 1 saturated heterocycles. The Kier molecular flexibility index (Phi) is 4.45. The van der Waals surface area contributed by atoms with Crippen LogP contribution in [0.1, 0.15) is 38.3 Å². The molecule has 1 heterocycles. The van der Waals surface area contributed by atoms with Crippen molar-refractivity contribution in [3.8, 4) is 0 Å². The van der Waals surface area contributed by atoms with Gasteiger partial charge in [0, 0.05) is 18.7 Å². The number of nitrogens with zero attached hydrogens (tertiary/aromatic N) is 1. The zero-order valence-electron chi connectivity index (χ0n) is 12.4. The molecule has 110 valence electrons. The maximum absolute atomic E-state index is 13.4. The molecule has 2 N–H and O–H groups in total. The molecular weight excluding hydrogens is 271 g/mol. The monoisotopic (exact) mass is 294 g/mol. The Balaban J connectivity index is 2.12. The fourth-order valence-corrected chi connectivity index (χ4v) is 3.06. The van der Waals surface area contributed by atoms with E-state index >= 15 is 0 Å². The predicted octanol–water partition coefficient (Wildman–Crippen LogP) is 3.33. The number of thiocarbonyl (C=S) groups is 1. The van der Waals surface area contributed by atoms with Gasteiger partial charge in [-0.2, -0.15) is 0 Å². The summed E-state index contributed by atoms with van der Waals surface area (Å²) < 4.78 is 13.4. The van der Waals surface area contributed by atoms with Crippen LogP contribution in [0, 0.1) is 17.2 Å². The van der Waals surface area contributed by atoms with Gasteiger partial charge in [-0.15, -0.1) is 0 Å². The Morgan fingerprint density at radius 3 is 2.70 bits per heavy atom. The minimum Gasteiger partial charge on any atom is -0.389 e. The van der Waals surface area contributed by atoms with Crippen LogP contribution in [0.5, 0.6) is 0 Å². The van der Waals surface area contributed by atoms with Crippen LogP contribution in [-0.4, -0.2) is 23.0 Å². The van der Waals surface area contributed by atoms with E-state index in [1.807, 2.05) is 0 Å². The molecule has 2 rings (SSSR count). The topological polar surface area (TPSA) is 29.3 Å². The number of hydrogen-bond donors (Lipinski definition) is 1. The van der Waals surface area contributed by atoms with Crippen molar-refractivity contribution in [3.63, 3.8) is 0 Å². The highest BCUT2D eigenvalue weighted by molar-refractivity contribution is 7.80. The lowest BCUT2D eigenvalue weighted by atomic mass is 9.80. The summed E-state index contributed by atoms with van der Waals surface area (Å²) in [5.74, 6) is 0.455. The highest BCUT2D eigenvalue weighted by Gasteiger charge is 2.31. The lowest BCUT2D eigenvalue weighted by molar-refractivity contribution is 0.226. The number of likely N-dealkylation sites (tertiary alicyclic amines) is 1.